The number of methoxy groups -OCH3 is 1. The fourth-order valence-electron chi connectivity index (χ4n) is 3.51. The number of guanidine groups is 1. The quantitative estimate of drug-likeness (QED) is 0.463. The normalized spacial score (nSPS) is 28.5. The van der Waals surface area contributed by atoms with Gasteiger partial charge in [0.15, 0.2) is 5.96 Å². The summed E-state index contributed by atoms with van der Waals surface area (Å²) in [6.07, 6.45) is -3.53. The number of nitrogens with zero attached hydrogens (tertiary/aromatic N) is 3. The fraction of sp³-hybridized carbons (Fsp3) is 0.875. The van der Waals surface area contributed by atoms with Crippen LogP contribution in [0.3, 0.4) is 0 Å². The third kappa shape index (κ3) is 5.49. The molecule has 25 heavy (non-hydrogen) atoms. The van der Waals surface area contributed by atoms with Crippen LogP contribution in [-0.4, -0.2) is 80.3 Å². The van der Waals surface area contributed by atoms with Crippen LogP contribution in [0.5, 0.6) is 0 Å². The molecule has 2 aliphatic rings. The second kappa shape index (κ2) is 8.25. The van der Waals surface area contributed by atoms with Crippen LogP contribution in [0.25, 0.3) is 0 Å². The zero-order chi connectivity index (χ0) is 18.6. The highest BCUT2D eigenvalue weighted by molar-refractivity contribution is 5.82. The first-order chi connectivity index (χ1) is 11.7. The van der Waals surface area contributed by atoms with E-state index in [0.29, 0.717) is 45.1 Å². The third-order valence-corrected chi connectivity index (χ3v) is 4.73. The van der Waals surface area contributed by atoms with E-state index >= 15 is 0 Å². The number of carbonyl (C=O) groups excluding carboxylic acids is 1. The van der Waals surface area contributed by atoms with E-state index in [1.807, 2.05) is 18.7 Å². The number of halogens is 3. The molecule has 0 saturated carbocycles. The zero-order valence-electron chi connectivity index (χ0n) is 15.0. The molecule has 2 fully saturated rings. The number of alkyl halides is 3. The van der Waals surface area contributed by atoms with Gasteiger partial charge >= 0.3 is 12.1 Å². The van der Waals surface area contributed by atoms with Gasteiger partial charge in [0.25, 0.3) is 0 Å². The van der Waals surface area contributed by atoms with Crippen LogP contribution >= 0.6 is 0 Å². The first-order valence-electron chi connectivity index (χ1n) is 8.66. The molecule has 0 radical (unpaired) electrons. The van der Waals surface area contributed by atoms with Crippen molar-refractivity contribution in [2.75, 3.05) is 46.4 Å². The van der Waals surface area contributed by atoms with E-state index in [2.05, 4.69) is 10.3 Å². The number of rotatable bonds is 4. The highest BCUT2D eigenvalue weighted by atomic mass is 19.4. The summed E-state index contributed by atoms with van der Waals surface area (Å²) in [5.41, 5.74) is 0. The average Bonchev–Trinajstić information content (AvgIpc) is 3.11. The van der Waals surface area contributed by atoms with Crippen LogP contribution in [0.1, 0.15) is 20.3 Å². The Labute approximate surface area is 146 Å². The first-order valence-corrected chi connectivity index (χ1v) is 8.66. The van der Waals surface area contributed by atoms with Gasteiger partial charge in [-0.25, -0.2) is 0 Å². The van der Waals surface area contributed by atoms with Crippen molar-refractivity contribution in [1.82, 2.24) is 15.1 Å². The van der Waals surface area contributed by atoms with Crippen molar-refractivity contribution in [1.29, 1.82) is 0 Å². The Morgan fingerprint density at radius 2 is 2.04 bits per heavy atom. The molecule has 0 bridgehead atoms. The minimum absolute atomic E-state index is 0.0693. The largest absolute Gasteiger partial charge is 0.469 e. The van der Waals surface area contributed by atoms with E-state index < -0.39 is 12.7 Å². The summed E-state index contributed by atoms with van der Waals surface area (Å²) in [6, 6.07) is -0.0693. The van der Waals surface area contributed by atoms with Crippen LogP contribution < -0.4 is 5.32 Å². The smallest absolute Gasteiger partial charge is 0.401 e. The average molecular weight is 364 g/mol. The Hall–Kier alpha value is -1.51. The predicted octanol–water partition coefficient (Wildman–Crippen LogP) is 1.33. The summed E-state index contributed by atoms with van der Waals surface area (Å²) in [5.74, 6) is 0.364. The predicted molar refractivity (Wildman–Crippen MR) is 88.3 cm³/mol. The lowest BCUT2D eigenvalue weighted by molar-refractivity contribution is -0.146. The molecule has 6 nitrogen and oxygen atoms in total. The zero-order valence-corrected chi connectivity index (χ0v) is 15.0. The Bertz CT molecular complexity index is 498. The first kappa shape index (κ1) is 19.8. The van der Waals surface area contributed by atoms with E-state index in [9.17, 15) is 18.0 Å². The van der Waals surface area contributed by atoms with Gasteiger partial charge in [-0.05, 0) is 19.3 Å². The molecule has 0 amide bonds. The molecule has 2 saturated heterocycles. The van der Waals surface area contributed by atoms with Gasteiger partial charge in [0.1, 0.15) is 0 Å². The molecule has 0 aromatic heterocycles. The van der Waals surface area contributed by atoms with Gasteiger partial charge in [0, 0.05) is 38.8 Å². The molecule has 2 rings (SSSR count). The molecule has 9 heteroatoms. The van der Waals surface area contributed by atoms with Gasteiger partial charge in [-0.3, -0.25) is 14.7 Å². The van der Waals surface area contributed by atoms with Crippen molar-refractivity contribution in [3.63, 3.8) is 0 Å². The molecular weight excluding hydrogens is 337 g/mol. The maximum absolute atomic E-state index is 12.5. The van der Waals surface area contributed by atoms with E-state index in [4.69, 9.17) is 4.74 Å². The molecule has 144 valence electrons. The molecule has 1 N–H and O–H groups in total. The Morgan fingerprint density at radius 1 is 1.32 bits per heavy atom. The molecule has 2 heterocycles. The third-order valence-electron chi connectivity index (χ3n) is 4.73. The topological polar surface area (TPSA) is 57.2 Å². The van der Waals surface area contributed by atoms with Crippen LogP contribution in [0, 0.1) is 11.8 Å². The monoisotopic (exact) mass is 364 g/mol. The summed E-state index contributed by atoms with van der Waals surface area (Å²) in [6.45, 7) is 5.52. The van der Waals surface area contributed by atoms with E-state index in [1.165, 1.54) is 12.0 Å². The molecule has 0 spiro atoms. The van der Waals surface area contributed by atoms with Gasteiger partial charge < -0.3 is 15.0 Å². The summed E-state index contributed by atoms with van der Waals surface area (Å²) >= 11 is 0. The van der Waals surface area contributed by atoms with Crippen LogP contribution in [0.15, 0.2) is 4.99 Å². The Kier molecular flexibility index (Phi) is 6.53. The van der Waals surface area contributed by atoms with Gasteiger partial charge in [0.2, 0.25) is 0 Å². The maximum Gasteiger partial charge on any atom is 0.401 e. The lowest BCUT2D eigenvalue weighted by atomic mass is 9.99. The minimum atomic E-state index is -4.17. The standard InChI is InChI=1S/C16H27F3N4O2/c1-4-20-15(23-7-11(2)13(9-23)14(24)25-3)21-12-5-6-22(8-12)10-16(17,18)19/h11-13H,4-10H2,1-3H3,(H,20,21). The summed E-state index contributed by atoms with van der Waals surface area (Å²) in [5, 5.41) is 3.29. The number of esters is 1. The number of hydrogen-bond donors (Lipinski definition) is 1. The molecule has 2 aliphatic heterocycles. The summed E-state index contributed by atoms with van der Waals surface area (Å²) in [7, 11) is 1.38. The van der Waals surface area contributed by atoms with E-state index in [0.717, 1.165) is 0 Å². The number of ether oxygens (including phenoxy) is 1. The van der Waals surface area contributed by atoms with Crippen molar-refractivity contribution in [3.05, 3.63) is 0 Å². The van der Waals surface area contributed by atoms with Crippen molar-refractivity contribution in [3.8, 4) is 0 Å². The Balaban J connectivity index is 1.94. The number of carbonyl (C=O) groups is 1. The highest BCUT2D eigenvalue weighted by Gasteiger charge is 2.38. The van der Waals surface area contributed by atoms with Crippen molar-refractivity contribution in [2.45, 2.75) is 32.5 Å². The van der Waals surface area contributed by atoms with Crippen LogP contribution in [0.2, 0.25) is 0 Å². The molecule has 0 aliphatic carbocycles. The lowest BCUT2D eigenvalue weighted by Gasteiger charge is -2.25. The van der Waals surface area contributed by atoms with Gasteiger partial charge in [-0.15, -0.1) is 0 Å². The molecular formula is C16H27F3N4O2. The Morgan fingerprint density at radius 3 is 2.64 bits per heavy atom. The molecule has 3 atom stereocenters. The van der Waals surface area contributed by atoms with Crippen molar-refractivity contribution < 1.29 is 22.7 Å². The minimum Gasteiger partial charge on any atom is -0.469 e. The van der Waals surface area contributed by atoms with Gasteiger partial charge in [-0.2, -0.15) is 13.2 Å². The molecule has 0 aromatic carbocycles. The van der Waals surface area contributed by atoms with Crippen molar-refractivity contribution >= 4 is 11.9 Å². The number of hydrogen-bond acceptors (Lipinski definition) is 4. The fourth-order valence-corrected chi connectivity index (χ4v) is 3.51. The summed E-state index contributed by atoms with van der Waals surface area (Å²) < 4.78 is 42.4. The molecule has 0 aromatic rings. The number of aliphatic imine (C=N–C) groups is 1. The van der Waals surface area contributed by atoms with E-state index in [-0.39, 0.29) is 23.8 Å². The van der Waals surface area contributed by atoms with Crippen molar-refractivity contribution in [2.24, 2.45) is 16.8 Å². The highest BCUT2D eigenvalue weighted by Crippen LogP contribution is 2.25. The second-order valence-electron chi connectivity index (χ2n) is 6.79. The van der Waals surface area contributed by atoms with Crippen LogP contribution in [-0.2, 0) is 9.53 Å². The number of nitrogens with one attached hydrogen (secondary N) is 1. The SMILES string of the molecule is CCN=C(NC1CCN(CC(F)(F)F)C1)N1CC(C)C(C(=O)OC)C1. The van der Waals surface area contributed by atoms with Crippen LogP contribution in [0.4, 0.5) is 13.2 Å². The number of likely N-dealkylation sites (tertiary alicyclic amines) is 2. The van der Waals surface area contributed by atoms with E-state index in [1.54, 1.807) is 0 Å². The summed E-state index contributed by atoms with van der Waals surface area (Å²) in [4.78, 5) is 19.7. The molecule has 3 unspecified atom stereocenters. The maximum atomic E-state index is 12.5. The lowest BCUT2D eigenvalue weighted by Crippen LogP contribution is -2.47. The second-order valence-corrected chi connectivity index (χ2v) is 6.79. The van der Waals surface area contributed by atoms with Gasteiger partial charge in [0.05, 0.1) is 19.6 Å². The van der Waals surface area contributed by atoms with Gasteiger partial charge in [-0.1, -0.05) is 6.92 Å².